The van der Waals surface area contributed by atoms with Crippen molar-refractivity contribution in [3.8, 4) is 17.6 Å². The van der Waals surface area contributed by atoms with E-state index in [1.165, 1.54) is 25.3 Å². The number of hydrogen-bond donors (Lipinski definition) is 0. The summed E-state index contributed by atoms with van der Waals surface area (Å²) < 4.78 is 40.3. The number of benzene rings is 1. The molecule has 0 N–H and O–H groups in total. The Hall–Kier alpha value is -2.69. The van der Waals surface area contributed by atoms with Crippen molar-refractivity contribution in [1.82, 2.24) is 0 Å². The SMILES string of the molecule is COC(=O)C1CC(C#N)(c2ccc(OC(F)F)c(OCC3CC3)c2)CCC1=O. The van der Waals surface area contributed by atoms with Crippen molar-refractivity contribution >= 4 is 11.8 Å². The fourth-order valence-corrected chi connectivity index (χ4v) is 3.46. The van der Waals surface area contributed by atoms with Gasteiger partial charge in [0, 0.05) is 6.42 Å². The molecule has 8 heteroatoms. The first-order chi connectivity index (χ1) is 13.4. The molecule has 0 bridgehead atoms. The van der Waals surface area contributed by atoms with Gasteiger partial charge in [-0.2, -0.15) is 14.0 Å². The van der Waals surface area contributed by atoms with Gasteiger partial charge in [0.15, 0.2) is 11.5 Å². The molecule has 28 heavy (non-hydrogen) atoms. The van der Waals surface area contributed by atoms with Gasteiger partial charge in [-0.1, -0.05) is 6.07 Å². The largest absolute Gasteiger partial charge is 0.489 e. The van der Waals surface area contributed by atoms with Gasteiger partial charge in [-0.25, -0.2) is 0 Å². The van der Waals surface area contributed by atoms with Crippen molar-refractivity contribution in [2.75, 3.05) is 13.7 Å². The third-order valence-electron chi connectivity index (χ3n) is 5.32. The Balaban J connectivity index is 1.92. The summed E-state index contributed by atoms with van der Waals surface area (Å²) in [6.45, 7) is -2.62. The minimum absolute atomic E-state index is 0.0217. The molecule has 0 spiro atoms. The van der Waals surface area contributed by atoms with Crippen LogP contribution in [0.15, 0.2) is 18.2 Å². The van der Waals surface area contributed by atoms with Gasteiger partial charge in [0.1, 0.15) is 11.7 Å². The first-order valence-electron chi connectivity index (χ1n) is 9.12. The second-order valence-corrected chi connectivity index (χ2v) is 7.23. The molecular weight excluding hydrogens is 372 g/mol. The topological polar surface area (TPSA) is 85.6 Å². The number of halogens is 2. The van der Waals surface area contributed by atoms with Crippen LogP contribution >= 0.6 is 0 Å². The van der Waals surface area contributed by atoms with Crippen LogP contribution in [0.5, 0.6) is 11.5 Å². The lowest BCUT2D eigenvalue weighted by Gasteiger charge is -2.34. The number of esters is 1. The molecule has 0 saturated heterocycles. The Morgan fingerprint density at radius 1 is 1.36 bits per heavy atom. The zero-order valence-corrected chi connectivity index (χ0v) is 15.5. The third-order valence-corrected chi connectivity index (χ3v) is 5.32. The summed E-state index contributed by atoms with van der Waals surface area (Å²) >= 11 is 0. The van der Waals surface area contributed by atoms with Gasteiger partial charge in [-0.15, -0.1) is 0 Å². The van der Waals surface area contributed by atoms with Gasteiger partial charge in [-0.3, -0.25) is 9.59 Å². The van der Waals surface area contributed by atoms with E-state index in [0.29, 0.717) is 18.1 Å². The summed E-state index contributed by atoms with van der Waals surface area (Å²) in [6.07, 6.45) is 2.31. The molecule has 0 amide bonds. The lowest BCUT2D eigenvalue weighted by atomic mass is 9.66. The molecule has 2 fully saturated rings. The first-order valence-corrected chi connectivity index (χ1v) is 9.12. The van der Waals surface area contributed by atoms with Crippen molar-refractivity contribution in [2.24, 2.45) is 11.8 Å². The second-order valence-electron chi connectivity index (χ2n) is 7.23. The van der Waals surface area contributed by atoms with Gasteiger partial charge in [0.2, 0.25) is 0 Å². The quantitative estimate of drug-likeness (QED) is 0.521. The summed E-state index contributed by atoms with van der Waals surface area (Å²) in [5, 5.41) is 9.88. The molecule has 2 atom stereocenters. The first kappa shape index (κ1) is 20.1. The van der Waals surface area contributed by atoms with Crippen LogP contribution in [-0.2, 0) is 19.7 Å². The minimum atomic E-state index is -3.00. The molecule has 3 rings (SSSR count). The van der Waals surface area contributed by atoms with E-state index in [1.54, 1.807) is 0 Å². The molecule has 1 aromatic carbocycles. The average molecular weight is 393 g/mol. The third kappa shape index (κ3) is 4.24. The van der Waals surface area contributed by atoms with E-state index < -0.39 is 23.9 Å². The second kappa shape index (κ2) is 8.13. The highest BCUT2D eigenvalue weighted by Crippen LogP contribution is 2.44. The van der Waals surface area contributed by atoms with E-state index in [4.69, 9.17) is 9.47 Å². The van der Waals surface area contributed by atoms with E-state index in [2.05, 4.69) is 10.8 Å². The minimum Gasteiger partial charge on any atom is -0.489 e. The van der Waals surface area contributed by atoms with Crippen molar-refractivity contribution < 1.29 is 32.6 Å². The molecule has 0 aromatic heterocycles. The Labute approximate surface area is 161 Å². The highest BCUT2D eigenvalue weighted by Gasteiger charge is 2.45. The Morgan fingerprint density at radius 3 is 2.71 bits per heavy atom. The Kier molecular flexibility index (Phi) is 5.82. The zero-order valence-electron chi connectivity index (χ0n) is 15.5. The van der Waals surface area contributed by atoms with Crippen LogP contribution in [0.25, 0.3) is 0 Å². The molecule has 0 heterocycles. The van der Waals surface area contributed by atoms with E-state index in [-0.39, 0.29) is 36.5 Å². The van der Waals surface area contributed by atoms with Gasteiger partial charge in [0.05, 0.1) is 25.2 Å². The maximum Gasteiger partial charge on any atom is 0.387 e. The lowest BCUT2D eigenvalue weighted by Crippen LogP contribution is -2.40. The molecule has 150 valence electrons. The predicted molar refractivity (Wildman–Crippen MR) is 92.9 cm³/mol. The molecule has 2 aliphatic carbocycles. The van der Waals surface area contributed by atoms with Crippen molar-refractivity contribution in [1.29, 1.82) is 5.26 Å². The number of hydrogen-bond acceptors (Lipinski definition) is 6. The molecule has 0 aliphatic heterocycles. The van der Waals surface area contributed by atoms with Crippen LogP contribution in [0.4, 0.5) is 8.78 Å². The molecule has 2 saturated carbocycles. The number of methoxy groups -OCH3 is 1. The summed E-state index contributed by atoms with van der Waals surface area (Å²) in [5.41, 5.74) is -0.614. The number of Topliss-reactive ketones (excluding diaryl/α,β-unsaturated/α-hetero) is 1. The van der Waals surface area contributed by atoms with E-state index >= 15 is 0 Å². The van der Waals surface area contributed by atoms with Crippen LogP contribution in [-0.4, -0.2) is 32.1 Å². The van der Waals surface area contributed by atoms with Crippen LogP contribution in [0, 0.1) is 23.2 Å². The van der Waals surface area contributed by atoms with E-state index in [0.717, 1.165) is 12.8 Å². The van der Waals surface area contributed by atoms with E-state index in [1.807, 2.05) is 0 Å². The molecular formula is C20H21F2NO5. The number of alkyl halides is 2. The van der Waals surface area contributed by atoms with Gasteiger partial charge < -0.3 is 14.2 Å². The van der Waals surface area contributed by atoms with Crippen LogP contribution in [0.1, 0.15) is 37.7 Å². The highest BCUT2D eigenvalue weighted by molar-refractivity contribution is 6.00. The van der Waals surface area contributed by atoms with E-state index in [9.17, 15) is 23.6 Å². The standard InChI is InChI=1S/C20H21F2NO5/c1-26-18(25)14-9-20(11-23,7-6-15(14)24)13-4-5-16(28-19(21)22)17(8-13)27-10-12-2-3-12/h4-5,8,12,14,19H,2-3,6-7,9-10H2,1H3. The summed E-state index contributed by atoms with van der Waals surface area (Å²) in [4.78, 5) is 24.1. The van der Waals surface area contributed by atoms with Crippen LogP contribution < -0.4 is 9.47 Å². The number of nitrogens with zero attached hydrogens (tertiary/aromatic N) is 1. The Bertz CT molecular complexity index is 794. The summed E-state index contributed by atoms with van der Waals surface area (Å²) in [6, 6.07) is 6.58. The van der Waals surface area contributed by atoms with Gasteiger partial charge in [-0.05, 0) is 49.3 Å². The number of nitriles is 1. The maximum atomic E-state index is 12.7. The van der Waals surface area contributed by atoms with Gasteiger partial charge >= 0.3 is 12.6 Å². The molecule has 6 nitrogen and oxygen atoms in total. The number of ether oxygens (including phenoxy) is 3. The number of rotatable bonds is 7. The summed E-state index contributed by atoms with van der Waals surface area (Å²) in [5.74, 6) is -1.54. The lowest BCUT2D eigenvalue weighted by molar-refractivity contribution is -0.151. The number of carbonyl (C=O) groups is 2. The molecule has 2 unspecified atom stereocenters. The van der Waals surface area contributed by atoms with Crippen molar-refractivity contribution in [3.63, 3.8) is 0 Å². The Morgan fingerprint density at radius 2 is 2.11 bits per heavy atom. The molecule has 2 aliphatic rings. The predicted octanol–water partition coefficient (Wildman–Crippen LogP) is 3.38. The summed E-state index contributed by atoms with van der Waals surface area (Å²) in [7, 11) is 1.19. The number of ketones is 1. The fraction of sp³-hybridized carbons (Fsp3) is 0.550. The zero-order chi connectivity index (χ0) is 20.3. The smallest absolute Gasteiger partial charge is 0.387 e. The normalized spacial score (nSPS) is 24.5. The average Bonchev–Trinajstić information content (AvgIpc) is 3.51. The number of carbonyl (C=O) groups excluding carboxylic acids is 2. The van der Waals surface area contributed by atoms with Crippen molar-refractivity contribution in [3.05, 3.63) is 23.8 Å². The van der Waals surface area contributed by atoms with Crippen molar-refractivity contribution in [2.45, 2.75) is 44.1 Å². The maximum absolute atomic E-state index is 12.7. The molecule has 0 radical (unpaired) electrons. The van der Waals surface area contributed by atoms with Crippen LogP contribution in [0.2, 0.25) is 0 Å². The van der Waals surface area contributed by atoms with Crippen LogP contribution in [0.3, 0.4) is 0 Å². The highest BCUT2D eigenvalue weighted by atomic mass is 19.3. The monoisotopic (exact) mass is 393 g/mol. The molecule has 1 aromatic rings. The van der Waals surface area contributed by atoms with Gasteiger partial charge in [0.25, 0.3) is 0 Å². The fourth-order valence-electron chi connectivity index (χ4n) is 3.46.